The Morgan fingerprint density at radius 2 is 2.00 bits per heavy atom. The lowest BCUT2D eigenvalue weighted by atomic mass is 10.2. The zero-order valence-corrected chi connectivity index (χ0v) is 17.1. The number of hydrogen-bond acceptors (Lipinski definition) is 7. The Morgan fingerprint density at radius 1 is 1.21 bits per heavy atom. The first-order valence-corrected chi connectivity index (χ1v) is 10.6. The molecule has 7 nitrogen and oxygen atoms in total. The molecule has 0 bridgehead atoms. The van der Waals surface area contributed by atoms with Crippen LogP contribution in [0.4, 0.5) is 0 Å². The van der Waals surface area contributed by atoms with Crippen LogP contribution in [0.3, 0.4) is 0 Å². The van der Waals surface area contributed by atoms with Crippen LogP contribution in [0.5, 0.6) is 11.5 Å². The second-order valence-electron chi connectivity index (χ2n) is 7.37. The molecule has 1 atom stereocenters. The van der Waals surface area contributed by atoms with E-state index in [1.165, 1.54) is 24.6 Å². The number of aryl methyl sites for hydroxylation is 1. The highest BCUT2D eigenvalue weighted by Crippen LogP contribution is 2.39. The third kappa shape index (κ3) is 3.53. The lowest BCUT2D eigenvalue weighted by molar-refractivity contribution is 0.0686. The fraction of sp³-hybridized carbons (Fsp3) is 0.381. The molecule has 2 aliphatic rings. The van der Waals surface area contributed by atoms with Crippen molar-refractivity contribution in [3.8, 4) is 11.5 Å². The van der Waals surface area contributed by atoms with Gasteiger partial charge in [-0.2, -0.15) is 0 Å². The first-order chi connectivity index (χ1) is 14.1. The summed E-state index contributed by atoms with van der Waals surface area (Å²) in [6, 6.07) is 10.0. The van der Waals surface area contributed by atoms with E-state index in [4.69, 9.17) is 13.9 Å². The van der Waals surface area contributed by atoms with Crippen molar-refractivity contribution in [1.82, 2.24) is 14.8 Å². The fourth-order valence-corrected chi connectivity index (χ4v) is 4.36. The lowest BCUT2D eigenvalue weighted by Gasteiger charge is -2.23. The molecule has 0 saturated heterocycles. The topological polar surface area (TPSA) is 79.4 Å². The molecule has 1 aromatic carbocycles. The molecule has 1 aliphatic heterocycles. The molecule has 1 saturated carbocycles. The summed E-state index contributed by atoms with van der Waals surface area (Å²) in [6.07, 6.45) is 1.93. The summed E-state index contributed by atoms with van der Waals surface area (Å²) in [6.45, 7) is 4.38. The van der Waals surface area contributed by atoms with Crippen molar-refractivity contribution >= 4 is 17.5 Å². The number of thioether (sulfide) groups is 1. The van der Waals surface area contributed by atoms with Gasteiger partial charge in [0.05, 0.1) is 5.75 Å². The van der Waals surface area contributed by atoms with Crippen molar-refractivity contribution in [2.45, 2.75) is 44.1 Å². The number of benzene rings is 1. The van der Waals surface area contributed by atoms with Crippen LogP contribution in [0, 0.1) is 13.8 Å². The highest BCUT2D eigenvalue weighted by Gasteiger charge is 2.29. The van der Waals surface area contributed by atoms with Gasteiger partial charge in [-0.1, -0.05) is 23.9 Å². The Hall–Kier alpha value is -2.74. The third-order valence-electron chi connectivity index (χ3n) is 5.23. The number of fused-ring (bicyclic) bond motifs is 1. The van der Waals surface area contributed by atoms with Gasteiger partial charge in [0.25, 0.3) is 11.1 Å². The van der Waals surface area contributed by atoms with Crippen molar-refractivity contribution in [2.24, 2.45) is 0 Å². The molecule has 0 N–H and O–H groups in total. The highest BCUT2D eigenvalue weighted by atomic mass is 32.2. The monoisotopic (exact) mass is 411 g/mol. The van der Waals surface area contributed by atoms with E-state index in [-0.39, 0.29) is 11.5 Å². The number of para-hydroxylation sites is 2. The number of ketones is 1. The summed E-state index contributed by atoms with van der Waals surface area (Å²) in [5.41, 5.74) is 2.98. The summed E-state index contributed by atoms with van der Waals surface area (Å²) < 4.78 is 19.6. The van der Waals surface area contributed by atoms with E-state index in [1.807, 2.05) is 37.3 Å². The van der Waals surface area contributed by atoms with Crippen molar-refractivity contribution < 1.29 is 18.7 Å². The average molecular weight is 411 g/mol. The molecule has 150 valence electrons. The maximum absolute atomic E-state index is 12.7. The van der Waals surface area contributed by atoms with Crippen molar-refractivity contribution in [3.05, 3.63) is 53.2 Å². The third-order valence-corrected chi connectivity index (χ3v) is 6.05. The van der Waals surface area contributed by atoms with Gasteiger partial charge >= 0.3 is 0 Å². The quantitative estimate of drug-likeness (QED) is 0.442. The second-order valence-corrected chi connectivity index (χ2v) is 8.29. The molecule has 0 spiro atoms. The minimum Gasteiger partial charge on any atom is -0.485 e. The number of carbonyl (C=O) groups is 1. The minimum absolute atomic E-state index is 0.0703. The molecule has 5 rings (SSSR count). The number of hydrogen-bond donors (Lipinski definition) is 0. The number of nitrogens with zero attached hydrogens (tertiary/aromatic N) is 3. The van der Waals surface area contributed by atoms with Gasteiger partial charge in [-0.15, -0.1) is 10.2 Å². The van der Waals surface area contributed by atoms with Crippen LogP contribution in [0.1, 0.15) is 52.6 Å². The lowest BCUT2D eigenvalue weighted by Crippen LogP contribution is -2.21. The van der Waals surface area contributed by atoms with Crippen molar-refractivity contribution in [1.29, 1.82) is 0 Å². The van der Waals surface area contributed by atoms with Gasteiger partial charge in [0.15, 0.2) is 17.3 Å². The summed E-state index contributed by atoms with van der Waals surface area (Å²) in [4.78, 5) is 12.7. The molecule has 8 heteroatoms. The first kappa shape index (κ1) is 18.3. The smallest absolute Gasteiger partial charge is 0.277 e. The van der Waals surface area contributed by atoms with E-state index in [0.29, 0.717) is 35.3 Å². The van der Waals surface area contributed by atoms with Gasteiger partial charge in [0.1, 0.15) is 6.61 Å². The summed E-state index contributed by atoms with van der Waals surface area (Å²) in [7, 11) is 0. The molecule has 0 unspecified atom stereocenters. The minimum atomic E-state index is -0.458. The van der Waals surface area contributed by atoms with Gasteiger partial charge in [0, 0.05) is 23.0 Å². The van der Waals surface area contributed by atoms with E-state index in [1.54, 1.807) is 0 Å². The van der Waals surface area contributed by atoms with Gasteiger partial charge in [-0.3, -0.25) is 4.79 Å². The maximum Gasteiger partial charge on any atom is 0.277 e. The molecule has 2 aromatic heterocycles. The zero-order valence-electron chi connectivity index (χ0n) is 16.3. The van der Waals surface area contributed by atoms with Crippen LogP contribution >= 0.6 is 11.8 Å². The van der Waals surface area contributed by atoms with Gasteiger partial charge in [0.2, 0.25) is 6.10 Å². The summed E-state index contributed by atoms with van der Waals surface area (Å²) in [5.74, 6) is 2.02. The molecule has 1 fully saturated rings. The van der Waals surface area contributed by atoms with E-state index < -0.39 is 6.10 Å². The first-order valence-electron chi connectivity index (χ1n) is 9.66. The predicted molar refractivity (Wildman–Crippen MR) is 107 cm³/mol. The van der Waals surface area contributed by atoms with Crippen LogP contribution in [-0.4, -0.2) is 32.9 Å². The van der Waals surface area contributed by atoms with Crippen molar-refractivity contribution in [3.63, 3.8) is 0 Å². The number of ether oxygens (including phenoxy) is 2. The molecule has 29 heavy (non-hydrogen) atoms. The largest absolute Gasteiger partial charge is 0.485 e. The van der Waals surface area contributed by atoms with Crippen LogP contribution in [0.15, 0.2) is 40.0 Å². The molecule has 0 amide bonds. The van der Waals surface area contributed by atoms with Crippen LogP contribution in [0.2, 0.25) is 0 Å². The summed E-state index contributed by atoms with van der Waals surface area (Å²) in [5, 5.41) is 8.48. The van der Waals surface area contributed by atoms with E-state index in [9.17, 15) is 4.79 Å². The van der Waals surface area contributed by atoms with Crippen LogP contribution < -0.4 is 9.47 Å². The molecule has 1 aliphatic carbocycles. The van der Waals surface area contributed by atoms with Gasteiger partial charge in [-0.05, 0) is 44.9 Å². The fourth-order valence-electron chi connectivity index (χ4n) is 3.71. The standard InChI is InChI=1S/C21H21N3O4S/c1-12-9-15(13(2)24(12)14-7-8-14)16(25)11-29-21-23-22-20(28-21)19-10-26-17-5-3-4-6-18(17)27-19/h3-6,9,14,19H,7-8,10-11H2,1-2H3/t19-/m1/s1. The Kier molecular flexibility index (Phi) is 4.58. The zero-order chi connectivity index (χ0) is 20.0. The molecular formula is C21H21N3O4S. The number of Topliss-reactive ketones (excluding diaryl/α,β-unsaturated/α-hetero) is 1. The Morgan fingerprint density at radius 3 is 2.79 bits per heavy atom. The van der Waals surface area contributed by atoms with Crippen LogP contribution in [-0.2, 0) is 0 Å². The maximum atomic E-state index is 12.7. The van der Waals surface area contributed by atoms with E-state index in [2.05, 4.69) is 21.7 Å². The highest BCUT2D eigenvalue weighted by molar-refractivity contribution is 7.99. The van der Waals surface area contributed by atoms with Gasteiger partial charge < -0.3 is 18.5 Å². The molecular weight excluding hydrogens is 390 g/mol. The van der Waals surface area contributed by atoms with E-state index in [0.717, 1.165) is 17.0 Å². The number of aromatic nitrogens is 3. The molecule has 3 heterocycles. The predicted octanol–water partition coefficient (Wildman–Crippen LogP) is 4.31. The van der Waals surface area contributed by atoms with E-state index >= 15 is 0 Å². The molecule has 3 aromatic rings. The second kappa shape index (κ2) is 7.26. The normalized spacial score (nSPS) is 18.1. The van der Waals surface area contributed by atoms with Crippen molar-refractivity contribution in [2.75, 3.05) is 12.4 Å². The van der Waals surface area contributed by atoms with Gasteiger partial charge in [-0.25, -0.2) is 0 Å². The Labute approximate surface area is 172 Å². The number of carbonyl (C=O) groups excluding carboxylic acids is 1. The Bertz CT molecular complexity index is 1070. The SMILES string of the molecule is Cc1cc(C(=O)CSc2nnc([C@H]3COc4ccccc4O3)o2)c(C)n1C1CC1. The summed E-state index contributed by atoms with van der Waals surface area (Å²) >= 11 is 1.25. The Balaban J connectivity index is 1.23. The average Bonchev–Trinajstić information content (AvgIpc) is 3.36. The van der Waals surface area contributed by atoms with Crippen LogP contribution in [0.25, 0.3) is 0 Å². The molecule has 0 radical (unpaired) electrons. The number of rotatable bonds is 6.